The summed E-state index contributed by atoms with van der Waals surface area (Å²) in [5.74, 6) is 0.371. The van der Waals surface area contributed by atoms with Crippen LogP contribution in [0.5, 0.6) is 5.75 Å². The number of nitrogens with zero attached hydrogens (tertiary/aromatic N) is 1. The Morgan fingerprint density at radius 2 is 1.93 bits per heavy atom. The van der Waals surface area contributed by atoms with Gasteiger partial charge in [-0.1, -0.05) is 44.2 Å². The van der Waals surface area contributed by atoms with Gasteiger partial charge >= 0.3 is 0 Å². The predicted octanol–water partition coefficient (Wildman–Crippen LogP) is 4.12. The maximum atomic E-state index is 12.9. The number of hydrogen-bond acceptors (Lipinski definition) is 3. The molecule has 0 spiro atoms. The monoisotopic (exact) mass is 366 g/mol. The maximum absolute atomic E-state index is 12.9. The summed E-state index contributed by atoms with van der Waals surface area (Å²) >= 11 is 0. The average molecular weight is 366 g/mol. The molecule has 2 aromatic rings. The molecule has 1 aliphatic rings. The Kier molecular flexibility index (Phi) is 5.49. The molecule has 0 aromatic heterocycles. The van der Waals surface area contributed by atoms with Gasteiger partial charge in [0, 0.05) is 18.7 Å². The van der Waals surface area contributed by atoms with Crippen molar-refractivity contribution in [3.05, 3.63) is 53.6 Å². The first kappa shape index (κ1) is 19.0. The first-order chi connectivity index (χ1) is 12.9. The van der Waals surface area contributed by atoms with E-state index in [1.807, 2.05) is 49.4 Å². The number of hydrogen-bond donors (Lipinski definition) is 1. The van der Waals surface area contributed by atoms with Crippen molar-refractivity contribution in [3.8, 4) is 5.75 Å². The summed E-state index contributed by atoms with van der Waals surface area (Å²) in [6.45, 7) is 6.55. The molecule has 1 atom stereocenters. The number of amides is 2. The third kappa shape index (κ3) is 3.82. The second kappa shape index (κ2) is 7.82. The summed E-state index contributed by atoms with van der Waals surface area (Å²) < 4.78 is 5.36. The third-order valence-corrected chi connectivity index (χ3v) is 5.05. The van der Waals surface area contributed by atoms with Gasteiger partial charge in [0.15, 0.2) is 0 Å². The Morgan fingerprint density at radius 3 is 2.63 bits per heavy atom. The first-order valence-electron chi connectivity index (χ1n) is 9.26. The molecule has 27 heavy (non-hydrogen) atoms. The van der Waals surface area contributed by atoms with Gasteiger partial charge < -0.3 is 15.0 Å². The van der Waals surface area contributed by atoms with Crippen molar-refractivity contribution in [3.63, 3.8) is 0 Å². The quantitative estimate of drug-likeness (QED) is 0.866. The Hall–Kier alpha value is -2.82. The fraction of sp³-hybridized carbons (Fsp3) is 0.364. The molecule has 0 saturated carbocycles. The Labute approximate surface area is 160 Å². The van der Waals surface area contributed by atoms with E-state index in [2.05, 4.69) is 19.2 Å². The van der Waals surface area contributed by atoms with Crippen LogP contribution in [0, 0.1) is 12.8 Å². The Bertz CT molecular complexity index is 860. The number of ether oxygens (including phenoxy) is 1. The summed E-state index contributed by atoms with van der Waals surface area (Å²) in [5.41, 5.74) is 3.70. The number of benzene rings is 2. The van der Waals surface area contributed by atoms with Gasteiger partial charge in [-0.3, -0.25) is 9.59 Å². The van der Waals surface area contributed by atoms with Crippen molar-refractivity contribution in [1.82, 2.24) is 0 Å². The number of para-hydroxylation sites is 3. The van der Waals surface area contributed by atoms with Gasteiger partial charge in [-0.2, -0.15) is 0 Å². The van der Waals surface area contributed by atoms with Gasteiger partial charge in [-0.25, -0.2) is 0 Å². The van der Waals surface area contributed by atoms with Gasteiger partial charge in [0.1, 0.15) is 5.75 Å². The summed E-state index contributed by atoms with van der Waals surface area (Å²) in [7, 11) is 1.58. The highest BCUT2D eigenvalue weighted by Crippen LogP contribution is 2.34. The molecular formula is C22H26N2O3. The van der Waals surface area contributed by atoms with E-state index in [1.165, 1.54) is 0 Å². The molecule has 1 aliphatic heterocycles. The molecule has 142 valence electrons. The molecule has 0 radical (unpaired) electrons. The van der Waals surface area contributed by atoms with Crippen molar-refractivity contribution in [2.45, 2.75) is 33.1 Å². The smallest absolute Gasteiger partial charge is 0.229 e. The number of carbonyl (C=O) groups excluding carboxylic acids is 2. The molecule has 1 N–H and O–H groups in total. The summed E-state index contributed by atoms with van der Waals surface area (Å²) in [6.07, 6.45) is 0.201. The minimum absolute atomic E-state index is 0.0616. The van der Waals surface area contributed by atoms with E-state index < -0.39 is 0 Å². The van der Waals surface area contributed by atoms with E-state index in [0.29, 0.717) is 23.9 Å². The Balaban J connectivity index is 1.79. The number of aryl methyl sites for hydroxylation is 1. The summed E-state index contributed by atoms with van der Waals surface area (Å²) in [6, 6.07) is 13.4. The zero-order valence-corrected chi connectivity index (χ0v) is 16.3. The lowest BCUT2D eigenvalue weighted by Gasteiger charge is -2.20. The maximum Gasteiger partial charge on any atom is 0.229 e. The molecular weight excluding hydrogens is 340 g/mol. The second-order valence-electron chi connectivity index (χ2n) is 7.26. The van der Waals surface area contributed by atoms with Crippen molar-refractivity contribution < 1.29 is 14.3 Å². The highest BCUT2D eigenvalue weighted by molar-refractivity contribution is 6.04. The molecule has 0 unspecified atom stereocenters. The highest BCUT2D eigenvalue weighted by atomic mass is 16.5. The number of rotatable bonds is 5. The SMILES string of the molecule is COc1ccccc1N1C[C@H](C(=O)Nc2c(C)cccc2C(C)C)CC1=O. The van der Waals surface area contributed by atoms with Crippen molar-refractivity contribution in [2.24, 2.45) is 5.92 Å². The van der Waals surface area contributed by atoms with Crippen LogP contribution < -0.4 is 15.0 Å². The molecule has 1 saturated heterocycles. The van der Waals surface area contributed by atoms with E-state index in [9.17, 15) is 9.59 Å². The van der Waals surface area contributed by atoms with E-state index >= 15 is 0 Å². The van der Waals surface area contributed by atoms with Gasteiger partial charge in [-0.15, -0.1) is 0 Å². The fourth-order valence-corrected chi connectivity index (χ4v) is 3.54. The van der Waals surface area contributed by atoms with Crippen LogP contribution in [0.3, 0.4) is 0 Å². The van der Waals surface area contributed by atoms with Crippen LogP contribution in [0.4, 0.5) is 11.4 Å². The summed E-state index contributed by atoms with van der Waals surface area (Å²) in [4.78, 5) is 27.1. The molecule has 5 heteroatoms. The van der Waals surface area contributed by atoms with Crippen LogP contribution in [-0.4, -0.2) is 25.5 Å². The van der Waals surface area contributed by atoms with Crippen LogP contribution in [0.1, 0.15) is 37.3 Å². The van der Waals surface area contributed by atoms with Gasteiger partial charge in [0.2, 0.25) is 11.8 Å². The second-order valence-corrected chi connectivity index (χ2v) is 7.26. The predicted molar refractivity (Wildman–Crippen MR) is 107 cm³/mol. The van der Waals surface area contributed by atoms with E-state index in [-0.39, 0.29) is 24.2 Å². The van der Waals surface area contributed by atoms with Crippen molar-refractivity contribution >= 4 is 23.2 Å². The van der Waals surface area contributed by atoms with Crippen LogP contribution >= 0.6 is 0 Å². The summed E-state index contributed by atoms with van der Waals surface area (Å²) in [5, 5.41) is 3.07. The van der Waals surface area contributed by atoms with E-state index in [0.717, 1.165) is 16.8 Å². The zero-order valence-electron chi connectivity index (χ0n) is 16.3. The van der Waals surface area contributed by atoms with Crippen LogP contribution in [0.15, 0.2) is 42.5 Å². The van der Waals surface area contributed by atoms with Gasteiger partial charge in [0.05, 0.1) is 18.7 Å². The topological polar surface area (TPSA) is 58.6 Å². The normalized spacial score (nSPS) is 16.7. The number of methoxy groups -OCH3 is 1. The first-order valence-corrected chi connectivity index (χ1v) is 9.26. The molecule has 2 amide bonds. The van der Waals surface area contributed by atoms with Crippen molar-refractivity contribution in [1.29, 1.82) is 0 Å². The van der Waals surface area contributed by atoms with E-state index in [4.69, 9.17) is 4.74 Å². The molecule has 1 fully saturated rings. The van der Waals surface area contributed by atoms with Crippen LogP contribution in [0.2, 0.25) is 0 Å². The molecule has 3 rings (SSSR count). The molecule has 2 aromatic carbocycles. The Morgan fingerprint density at radius 1 is 1.19 bits per heavy atom. The number of carbonyl (C=O) groups is 2. The van der Waals surface area contributed by atoms with Crippen LogP contribution in [0.25, 0.3) is 0 Å². The largest absolute Gasteiger partial charge is 0.495 e. The minimum Gasteiger partial charge on any atom is -0.495 e. The molecule has 0 aliphatic carbocycles. The van der Waals surface area contributed by atoms with E-state index in [1.54, 1.807) is 12.0 Å². The number of anilines is 2. The standard InChI is InChI=1S/C22H26N2O3/c1-14(2)17-9-7-8-15(3)21(17)23-22(26)16-12-20(25)24(13-16)18-10-5-6-11-19(18)27-4/h5-11,14,16H,12-13H2,1-4H3,(H,23,26)/t16-/m1/s1. The highest BCUT2D eigenvalue weighted by Gasteiger charge is 2.36. The molecule has 0 bridgehead atoms. The molecule has 5 nitrogen and oxygen atoms in total. The lowest BCUT2D eigenvalue weighted by Crippen LogP contribution is -2.28. The van der Waals surface area contributed by atoms with Gasteiger partial charge in [0.25, 0.3) is 0 Å². The van der Waals surface area contributed by atoms with Gasteiger partial charge in [-0.05, 0) is 36.1 Å². The van der Waals surface area contributed by atoms with Crippen molar-refractivity contribution in [2.75, 3.05) is 23.9 Å². The minimum atomic E-state index is -0.387. The third-order valence-electron chi connectivity index (χ3n) is 5.05. The fourth-order valence-electron chi connectivity index (χ4n) is 3.54. The lowest BCUT2D eigenvalue weighted by atomic mass is 9.97. The average Bonchev–Trinajstić information content (AvgIpc) is 3.04. The lowest BCUT2D eigenvalue weighted by molar-refractivity contribution is -0.122. The molecule has 1 heterocycles. The van der Waals surface area contributed by atoms with Crippen LogP contribution in [-0.2, 0) is 9.59 Å². The zero-order chi connectivity index (χ0) is 19.6. The number of nitrogens with one attached hydrogen (secondary N) is 1.